The number of esters is 1. The number of amides is 1. The number of alkyl halides is 3. The van der Waals surface area contributed by atoms with Crippen LogP contribution in [-0.2, 0) is 4.74 Å². The molecule has 0 atom stereocenters. The van der Waals surface area contributed by atoms with Crippen molar-refractivity contribution in [2.75, 3.05) is 18.5 Å². The van der Waals surface area contributed by atoms with Gasteiger partial charge in [0.2, 0.25) is 0 Å². The molecule has 6 nitrogen and oxygen atoms in total. The van der Waals surface area contributed by atoms with Gasteiger partial charge < -0.3 is 14.8 Å². The van der Waals surface area contributed by atoms with Crippen molar-refractivity contribution in [2.24, 2.45) is 0 Å². The van der Waals surface area contributed by atoms with E-state index in [2.05, 4.69) is 15.0 Å². The highest BCUT2D eigenvalue weighted by Crippen LogP contribution is 2.21. The largest absolute Gasteiger partial charge is 0.484 e. The fourth-order valence-corrected chi connectivity index (χ4v) is 2.14. The molecular weight excluding hydrogens is 365 g/mol. The molecule has 144 valence electrons. The summed E-state index contributed by atoms with van der Waals surface area (Å²) >= 11 is 0. The molecule has 1 amide bonds. The van der Waals surface area contributed by atoms with Crippen LogP contribution >= 0.6 is 0 Å². The lowest BCUT2D eigenvalue weighted by atomic mass is 10.2. The molecule has 1 N–H and O–H groups in total. The summed E-state index contributed by atoms with van der Waals surface area (Å²) in [6.07, 6.45) is -4.46. The van der Waals surface area contributed by atoms with Gasteiger partial charge in [0.1, 0.15) is 11.4 Å². The predicted octanol–water partition coefficient (Wildman–Crippen LogP) is 3.76. The van der Waals surface area contributed by atoms with Gasteiger partial charge in [-0.3, -0.25) is 4.79 Å². The van der Waals surface area contributed by atoms with Crippen molar-refractivity contribution in [1.29, 1.82) is 0 Å². The molecule has 0 bridgehead atoms. The van der Waals surface area contributed by atoms with Gasteiger partial charge in [-0.25, -0.2) is 9.78 Å². The summed E-state index contributed by atoms with van der Waals surface area (Å²) in [6.45, 7) is 2.03. The predicted molar refractivity (Wildman–Crippen MR) is 90.9 cm³/mol. The molecule has 9 heteroatoms. The van der Waals surface area contributed by atoms with Crippen molar-refractivity contribution in [3.8, 4) is 5.75 Å². The van der Waals surface area contributed by atoms with Crippen molar-refractivity contribution in [2.45, 2.75) is 20.0 Å². The van der Waals surface area contributed by atoms with Crippen LogP contribution in [-0.4, -0.2) is 36.3 Å². The van der Waals surface area contributed by atoms with Crippen LogP contribution in [0.15, 0.2) is 36.4 Å². The van der Waals surface area contributed by atoms with E-state index in [1.54, 1.807) is 13.8 Å². The third-order valence-corrected chi connectivity index (χ3v) is 3.31. The molecule has 0 unspecified atom stereocenters. The van der Waals surface area contributed by atoms with Gasteiger partial charge >= 0.3 is 12.1 Å². The maximum absolute atomic E-state index is 12.3. The molecule has 0 fully saturated rings. The van der Waals surface area contributed by atoms with Crippen molar-refractivity contribution in [3.63, 3.8) is 0 Å². The second-order valence-electron chi connectivity index (χ2n) is 5.44. The molecule has 1 heterocycles. The molecule has 0 aliphatic rings. The fraction of sp³-hybridized carbons (Fsp3) is 0.278. The maximum Gasteiger partial charge on any atom is 0.422 e. The number of carbonyl (C=O) groups is 2. The van der Waals surface area contributed by atoms with E-state index in [0.29, 0.717) is 5.69 Å². The lowest BCUT2D eigenvalue weighted by molar-refractivity contribution is -0.153. The van der Waals surface area contributed by atoms with E-state index in [1.807, 2.05) is 0 Å². The number of hydrogen-bond acceptors (Lipinski definition) is 5. The van der Waals surface area contributed by atoms with Crippen LogP contribution in [0.2, 0.25) is 0 Å². The molecule has 0 aliphatic carbocycles. The number of nitrogens with one attached hydrogen (secondary N) is 1. The zero-order chi connectivity index (χ0) is 20.0. The minimum atomic E-state index is -4.46. The highest BCUT2D eigenvalue weighted by molar-refractivity contribution is 6.03. The second kappa shape index (κ2) is 8.52. The highest BCUT2D eigenvalue weighted by Gasteiger charge is 2.28. The van der Waals surface area contributed by atoms with Gasteiger partial charge in [-0.05, 0) is 38.1 Å². The van der Waals surface area contributed by atoms with Crippen molar-refractivity contribution in [3.05, 3.63) is 53.3 Å². The molecule has 0 radical (unpaired) electrons. The Bertz CT molecular complexity index is 838. The number of benzene rings is 1. The number of aromatic nitrogens is 1. The summed E-state index contributed by atoms with van der Waals surface area (Å²) in [5.74, 6) is -1.16. The van der Waals surface area contributed by atoms with E-state index < -0.39 is 24.7 Å². The van der Waals surface area contributed by atoms with Gasteiger partial charge in [-0.2, -0.15) is 13.2 Å². The number of aryl methyl sites for hydroxylation is 1. The monoisotopic (exact) mass is 382 g/mol. The van der Waals surface area contributed by atoms with E-state index in [9.17, 15) is 22.8 Å². The average Bonchev–Trinajstić information content (AvgIpc) is 2.59. The molecule has 1 aromatic heterocycles. The zero-order valence-corrected chi connectivity index (χ0v) is 14.6. The molecular formula is C18H17F3N2O4. The minimum Gasteiger partial charge on any atom is -0.484 e. The Hall–Kier alpha value is -3.10. The number of hydrogen-bond donors (Lipinski definition) is 1. The Labute approximate surface area is 153 Å². The van der Waals surface area contributed by atoms with Crippen LogP contribution in [0, 0.1) is 6.92 Å². The first-order chi connectivity index (χ1) is 12.7. The van der Waals surface area contributed by atoms with Gasteiger partial charge in [0.25, 0.3) is 5.91 Å². The van der Waals surface area contributed by atoms with E-state index in [0.717, 1.165) is 0 Å². The summed E-state index contributed by atoms with van der Waals surface area (Å²) in [5, 5.41) is 2.52. The molecule has 2 aromatic rings. The number of anilines is 1. The van der Waals surface area contributed by atoms with Crippen molar-refractivity contribution >= 4 is 17.6 Å². The number of ether oxygens (including phenoxy) is 2. The van der Waals surface area contributed by atoms with Gasteiger partial charge in [0.05, 0.1) is 17.9 Å². The summed E-state index contributed by atoms with van der Waals surface area (Å²) in [7, 11) is 0. The Morgan fingerprint density at radius 2 is 1.93 bits per heavy atom. The Morgan fingerprint density at radius 1 is 1.19 bits per heavy atom. The summed E-state index contributed by atoms with van der Waals surface area (Å²) < 4.78 is 46.2. The lowest BCUT2D eigenvalue weighted by Crippen LogP contribution is -2.19. The van der Waals surface area contributed by atoms with Crippen LogP contribution < -0.4 is 10.1 Å². The van der Waals surface area contributed by atoms with Gasteiger partial charge in [0, 0.05) is 11.8 Å². The molecule has 0 spiro atoms. The third-order valence-electron chi connectivity index (χ3n) is 3.31. The van der Waals surface area contributed by atoms with E-state index in [4.69, 9.17) is 4.74 Å². The molecule has 1 aromatic carbocycles. The fourth-order valence-electron chi connectivity index (χ4n) is 2.14. The van der Waals surface area contributed by atoms with Crippen LogP contribution in [0.25, 0.3) is 0 Å². The van der Waals surface area contributed by atoms with Crippen LogP contribution in [0.5, 0.6) is 5.75 Å². The van der Waals surface area contributed by atoms with Crippen LogP contribution in [0.4, 0.5) is 18.9 Å². The van der Waals surface area contributed by atoms with Crippen molar-refractivity contribution < 1.29 is 32.2 Å². The van der Waals surface area contributed by atoms with E-state index >= 15 is 0 Å². The molecule has 0 saturated carbocycles. The van der Waals surface area contributed by atoms with Crippen molar-refractivity contribution in [1.82, 2.24) is 4.98 Å². The second-order valence-corrected chi connectivity index (χ2v) is 5.44. The van der Waals surface area contributed by atoms with Crippen LogP contribution in [0.1, 0.15) is 33.5 Å². The standard InChI is InChI=1S/C18H17F3N2O4/c1-3-26-17(25)14-7-8-15(22-11(14)2)16(24)23-12-5-4-6-13(9-12)27-10-18(19,20)21/h4-9H,3,10H2,1-2H3,(H,23,24). The summed E-state index contributed by atoms with van der Waals surface area (Å²) in [5.41, 5.74) is 0.857. The molecule has 0 aliphatic heterocycles. The van der Waals surface area contributed by atoms with E-state index in [1.165, 1.54) is 36.4 Å². The third kappa shape index (κ3) is 5.98. The SMILES string of the molecule is CCOC(=O)c1ccc(C(=O)Nc2cccc(OCC(F)(F)F)c2)nc1C. The molecule has 27 heavy (non-hydrogen) atoms. The Morgan fingerprint density at radius 3 is 2.56 bits per heavy atom. The van der Waals surface area contributed by atoms with Gasteiger partial charge in [-0.15, -0.1) is 0 Å². The molecule has 2 rings (SSSR count). The number of pyridine rings is 1. The number of rotatable bonds is 6. The summed E-state index contributed by atoms with van der Waals surface area (Å²) in [4.78, 5) is 28.1. The highest BCUT2D eigenvalue weighted by atomic mass is 19.4. The number of nitrogens with zero attached hydrogens (tertiary/aromatic N) is 1. The summed E-state index contributed by atoms with van der Waals surface area (Å²) in [6, 6.07) is 8.35. The topological polar surface area (TPSA) is 77.5 Å². The molecule has 0 saturated heterocycles. The Balaban J connectivity index is 2.09. The lowest BCUT2D eigenvalue weighted by Gasteiger charge is -2.11. The normalized spacial score (nSPS) is 11.0. The average molecular weight is 382 g/mol. The number of halogens is 3. The first-order valence-electron chi connectivity index (χ1n) is 7.95. The van der Waals surface area contributed by atoms with E-state index in [-0.39, 0.29) is 29.3 Å². The Kier molecular flexibility index (Phi) is 6.38. The van der Waals surface area contributed by atoms with Crippen LogP contribution in [0.3, 0.4) is 0 Å². The first kappa shape index (κ1) is 20.2. The quantitative estimate of drug-likeness (QED) is 0.770. The number of carbonyl (C=O) groups excluding carboxylic acids is 2. The van der Waals surface area contributed by atoms with Gasteiger partial charge in [-0.1, -0.05) is 6.07 Å². The minimum absolute atomic E-state index is 0.0353. The maximum atomic E-state index is 12.3. The smallest absolute Gasteiger partial charge is 0.422 e. The first-order valence-corrected chi connectivity index (χ1v) is 7.95. The van der Waals surface area contributed by atoms with Gasteiger partial charge in [0.15, 0.2) is 6.61 Å². The zero-order valence-electron chi connectivity index (χ0n) is 14.6.